The van der Waals surface area contributed by atoms with E-state index in [1.165, 1.54) is 0 Å². The van der Waals surface area contributed by atoms with Crippen molar-refractivity contribution in [2.45, 2.75) is 6.42 Å². The molecule has 7 nitrogen and oxygen atoms in total. The Labute approximate surface area is 156 Å². The highest BCUT2D eigenvalue weighted by atomic mass is 16.5. The standard InChI is InChI=1S/C20H21N5O2/c1-25-18-15(12-23-25)11-22-19-16(18)10-17(24-19)13-5-3-6-14(9-13)20(26)21-7-4-8-27-2/h3,5-6,9-12H,4,7-8H2,1-2H3,(H,21,26)(H,22,24). The number of nitrogens with one attached hydrogen (secondary N) is 2. The molecule has 4 aromatic rings. The molecule has 1 aromatic carbocycles. The fraction of sp³-hybridized carbons (Fsp3) is 0.250. The Hall–Kier alpha value is -3.19. The lowest BCUT2D eigenvalue weighted by atomic mass is 10.1. The van der Waals surface area contributed by atoms with Crippen LogP contribution in [0.15, 0.2) is 42.7 Å². The molecule has 27 heavy (non-hydrogen) atoms. The van der Waals surface area contributed by atoms with Crippen molar-refractivity contribution in [2.24, 2.45) is 7.05 Å². The van der Waals surface area contributed by atoms with E-state index in [2.05, 4.69) is 26.4 Å². The van der Waals surface area contributed by atoms with E-state index in [-0.39, 0.29) is 5.91 Å². The smallest absolute Gasteiger partial charge is 0.251 e. The van der Waals surface area contributed by atoms with E-state index in [0.717, 1.165) is 39.6 Å². The normalized spacial score (nSPS) is 11.3. The summed E-state index contributed by atoms with van der Waals surface area (Å²) in [5.74, 6) is -0.0868. The number of ether oxygens (including phenoxy) is 1. The maximum absolute atomic E-state index is 12.4. The zero-order valence-electron chi connectivity index (χ0n) is 15.3. The van der Waals surface area contributed by atoms with E-state index in [4.69, 9.17) is 4.74 Å². The minimum atomic E-state index is -0.0868. The zero-order valence-corrected chi connectivity index (χ0v) is 15.3. The number of aryl methyl sites for hydroxylation is 1. The largest absolute Gasteiger partial charge is 0.385 e. The molecule has 7 heteroatoms. The Morgan fingerprint density at radius 3 is 3.04 bits per heavy atom. The topological polar surface area (TPSA) is 84.8 Å². The van der Waals surface area contributed by atoms with Crippen LogP contribution < -0.4 is 5.32 Å². The van der Waals surface area contributed by atoms with Crippen molar-refractivity contribution in [3.63, 3.8) is 0 Å². The third kappa shape index (κ3) is 3.29. The second-order valence-corrected chi connectivity index (χ2v) is 6.46. The Balaban J connectivity index is 1.64. The summed E-state index contributed by atoms with van der Waals surface area (Å²) in [5.41, 5.74) is 4.32. The lowest BCUT2D eigenvalue weighted by molar-refractivity contribution is 0.0948. The molecule has 0 spiro atoms. The molecular formula is C20H21N5O2. The summed E-state index contributed by atoms with van der Waals surface area (Å²) in [5, 5.41) is 9.23. The lowest BCUT2D eigenvalue weighted by Gasteiger charge is -2.06. The molecule has 0 fully saturated rings. The number of methoxy groups -OCH3 is 1. The first-order chi connectivity index (χ1) is 13.2. The van der Waals surface area contributed by atoms with E-state index in [0.29, 0.717) is 18.7 Å². The summed E-state index contributed by atoms with van der Waals surface area (Å²) >= 11 is 0. The van der Waals surface area contributed by atoms with Crippen LogP contribution in [0.25, 0.3) is 33.2 Å². The average molecular weight is 363 g/mol. The van der Waals surface area contributed by atoms with Crippen LogP contribution >= 0.6 is 0 Å². The van der Waals surface area contributed by atoms with Crippen molar-refractivity contribution >= 4 is 27.8 Å². The second kappa shape index (κ2) is 7.20. The number of nitrogens with zero attached hydrogens (tertiary/aromatic N) is 3. The van der Waals surface area contributed by atoms with Crippen LogP contribution in [0, 0.1) is 0 Å². The Bertz CT molecular complexity index is 1110. The van der Waals surface area contributed by atoms with Gasteiger partial charge in [-0.25, -0.2) is 4.98 Å². The highest BCUT2D eigenvalue weighted by Crippen LogP contribution is 2.28. The van der Waals surface area contributed by atoms with Gasteiger partial charge < -0.3 is 15.0 Å². The van der Waals surface area contributed by atoms with E-state index >= 15 is 0 Å². The van der Waals surface area contributed by atoms with Gasteiger partial charge in [0.1, 0.15) is 5.65 Å². The third-order valence-corrected chi connectivity index (χ3v) is 4.60. The van der Waals surface area contributed by atoms with Crippen molar-refractivity contribution in [1.29, 1.82) is 0 Å². The molecule has 3 aromatic heterocycles. The first-order valence-electron chi connectivity index (χ1n) is 8.84. The van der Waals surface area contributed by atoms with E-state index in [1.54, 1.807) is 7.11 Å². The van der Waals surface area contributed by atoms with Crippen molar-refractivity contribution in [3.8, 4) is 11.3 Å². The summed E-state index contributed by atoms with van der Waals surface area (Å²) < 4.78 is 6.85. The highest BCUT2D eigenvalue weighted by molar-refractivity contribution is 6.04. The number of benzene rings is 1. The fourth-order valence-corrected chi connectivity index (χ4v) is 3.24. The minimum Gasteiger partial charge on any atom is -0.385 e. The van der Waals surface area contributed by atoms with Crippen LogP contribution in [0.5, 0.6) is 0 Å². The molecule has 0 saturated heterocycles. The molecule has 138 valence electrons. The number of aromatic amines is 1. The predicted molar refractivity (Wildman–Crippen MR) is 105 cm³/mol. The Morgan fingerprint density at radius 1 is 1.30 bits per heavy atom. The van der Waals surface area contributed by atoms with Gasteiger partial charge in [-0.1, -0.05) is 12.1 Å². The number of aromatic nitrogens is 4. The van der Waals surface area contributed by atoms with Gasteiger partial charge >= 0.3 is 0 Å². The Morgan fingerprint density at radius 2 is 2.19 bits per heavy atom. The van der Waals surface area contributed by atoms with Gasteiger partial charge in [-0.2, -0.15) is 5.10 Å². The SMILES string of the molecule is COCCCNC(=O)c1cccc(-c2cc3c(ncc4cnn(C)c43)[nH]2)c1. The molecule has 0 unspecified atom stereocenters. The number of amides is 1. The highest BCUT2D eigenvalue weighted by Gasteiger charge is 2.12. The van der Waals surface area contributed by atoms with Crippen LogP contribution in [0.1, 0.15) is 16.8 Å². The summed E-state index contributed by atoms with van der Waals surface area (Å²) in [6.45, 7) is 1.22. The van der Waals surface area contributed by atoms with Crippen LogP contribution in [0.2, 0.25) is 0 Å². The van der Waals surface area contributed by atoms with Gasteiger partial charge in [0.05, 0.1) is 11.7 Å². The quantitative estimate of drug-likeness (QED) is 0.516. The van der Waals surface area contributed by atoms with E-state index in [9.17, 15) is 4.79 Å². The average Bonchev–Trinajstić information content (AvgIpc) is 3.28. The van der Waals surface area contributed by atoms with Gasteiger partial charge in [-0.3, -0.25) is 9.48 Å². The number of rotatable bonds is 6. The number of hydrogen-bond donors (Lipinski definition) is 2. The maximum Gasteiger partial charge on any atom is 0.251 e. The molecule has 2 N–H and O–H groups in total. The minimum absolute atomic E-state index is 0.0868. The van der Waals surface area contributed by atoms with Crippen molar-refractivity contribution in [3.05, 3.63) is 48.3 Å². The molecule has 3 heterocycles. The summed E-state index contributed by atoms with van der Waals surface area (Å²) in [6.07, 6.45) is 4.41. The molecule has 0 aliphatic rings. The van der Waals surface area contributed by atoms with Crippen LogP contribution in [0.3, 0.4) is 0 Å². The number of carbonyl (C=O) groups excluding carboxylic acids is 1. The molecule has 0 saturated carbocycles. The number of hydrogen-bond acceptors (Lipinski definition) is 4. The number of H-pyrrole nitrogens is 1. The number of fused-ring (bicyclic) bond motifs is 3. The van der Waals surface area contributed by atoms with Crippen molar-refractivity contribution in [2.75, 3.05) is 20.3 Å². The van der Waals surface area contributed by atoms with Gasteiger partial charge in [0, 0.05) is 55.5 Å². The predicted octanol–water partition coefficient (Wildman–Crippen LogP) is 2.88. The van der Waals surface area contributed by atoms with Gasteiger partial charge in [0.25, 0.3) is 5.91 Å². The molecule has 0 radical (unpaired) electrons. The molecule has 0 bridgehead atoms. The zero-order chi connectivity index (χ0) is 18.8. The molecule has 0 aliphatic heterocycles. The fourth-order valence-electron chi connectivity index (χ4n) is 3.24. The number of pyridine rings is 1. The van der Waals surface area contributed by atoms with Gasteiger partial charge in [-0.15, -0.1) is 0 Å². The molecule has 1 amide bonds. The number of carbonyl (C=O) groups is 1. The van der Waals surface area contributed by atoms with Gasteiger partial charge in [0.15, 0.2) is 0 Å². The van der Waals surface area contributed by atoms with Crippen molar-refractivity contribution in [1.82, 2.24) is 25.1 Å². The van der Waals surface area contributed by atoms with E-state index < -0.39 is 0 Å². The Kier molecular flexibility index (Phi) is 4.60. The van der Waals surface area contributed by atoms with Crippen LogP contribution in [-0.2, 0) is 11.8 Å². The van der Waals surface area contributed by atoms with Crippen molar-refractivity contribution < 1.29 is 9.53 Å². The van der Waals surface area contributed by atoms with E-state index in [1.807, 2.05) is 48.4 Å². The second-order valence-electron chi connectivity index (χ2n) is 6.46. The first-order valence-corrected chi connectivity index (χ1v) is 8.84. The molecule has 0 aliphatic carbocycles. The van der Waals surface area contributed by atoms with Crippen LogP contribution in [0.4, 0.5) is 0 Å². The van der Waals surface area contributed by atoms with Crippen LogP contribution in [-0.4, -0.2) is 45.9 Å². The maximum atomic E-state index is 12.4. The molecule has 0 atom stereocenters. The van der Waals surface area contributed by atoms with Gasteiger partial charge in [-0.05, 0) is 30.2 Å². The molecule has 4 rings (SSSR count). The lowest BCUT2D eigenvalue weighted by Crippen LogP contribution is -2.25. The molecular weight excluding hydrogens is 342 g/mol. The van der Waals surface area contributed by atoms with Gasteiger partial charge in [0.2, 0.25) is 0 Å². The first kappa shape index (κ1) is 17.2. The third-order valence-electron chi connectivity index (χ3n) is 4.60. The summed E-state index contributed by atoms with van der Waals surface area (Å²) in [4.78, 5) is 20.2. The summed E-state index contributed by atoms with van der Waals surface area (Å²) in [7, 11) is 3.57. The monoisotopic (exact) mass is 363 g/mol. The summed E-state index contributed by atoms with van der Waals surface area (Å²) in [6, 6.07) is 9.62.